The molecule has 0 spiro atoms. The van der Waals surface area contributed by atoms with Crippen molar-refractivity contribution < 1.29 is 13.6 Å². The highest BCUT2D eigenvalue weighted by atomic mass is 19.1. The summed E-state index contributed by atoms with van der Waals surface area (Å²) in [6, 6.07) is 4.45. The second-order valence-corrected chi connectivity index (χ2v) is 6.17. The standard InChI is InChI=1S/C16H19F2NO/c17-12-3-10(4-13(18)9-12)7-16(20)8-11-5-14-1-2-15(6-11)19-14/h3-4,9,11,14-15,19H,1-2,5-8H2. The van der Waals surface area contributed by atoms with Crippen molar-refractivity contribution in [2.75, 3.05) is 0 Å². The lowest BCUT2D eigenvalue weighted by Crippen LogP contribution is -2.38. The fourth-order valence-corrected chi connectivity index (χ4v) is 3.68. The van der Waals surface area contributed by atoms with E-state index in [0.29, 0.717) is 30.0 Å². The smallest absolute Gasteiger partial charge is 0.137 e. The van der Waals surface area contributed by atoms with Gasteiger partial charge in [0.2, 0.25) is 0 Å². The molecule has 2 fully saturated rings. The lowest BCUT2D eigenvalue weighted by molar-refractivity contribution is -0.119. The first-order valence-corrected chi connectivity index (χ1v) is 7.31. The zero-order chi connectivity index (χ0) is 14.1. The highest BCUT2D eigenvalue weighted by molar-refractivity contribution is 5.81. The van der Waals surface area contributed by atoms with Crippen LogP contribution in [0, 0.1) is 17.6 Å². The van der Waals surface area contributed by atoms with E-state index >= 15 is 0 Å². The minimum absolute atomic E-state index is 0.0845. The average Bonchev–Trinajstić information content (AvgIpc) is 2.67. The maximum atomic E-state index is 13.1. The quantitative estimate of drug-likeness (QED) is 0.918. The van der Waals surface area contributed by atoms with Gasteiger partial charge >= 0.3 is 0 Å². The molecular weight excluding hydrogens is 260 g/mol. The normalized spacial score (nSPS) is 28.6. The van der Waals surface area contributed by atoms with E-state index in [-0.39, 0.29) is 12.2 Å². The fourth-order valence-electron chi connectivity index (χ4n) is 3.68. The van der Waals surface area contributed by atoms with Crippen LogP contribution in [0.5, 0.6) is 0 Å². The lowest BCUT2D eigenvalue weighted by Gasteiger charge is -2.28. The molecule has 0 aliphatic carbocycles. The number of hydrogen-bond acceptors (Lipinski definition) is 2. The molecule has 1 aromatic rings. The van der Waals surface area contributed by atoms with E-state index in [1.807, 2.05) is 0 Å². The number of benzene rings is 1. The van der Waals surface area contributed by atoms with Gasteiger partial charge < -0.3 is 5.32 Å². The van der Waals surface area contributed by atoms with Crippen molar-refractivity contribution in [2.45, 2.75) is 50.6 Å². The molecule has 2 bridgehead atoms. The zero-order valence-corrected chi connectivity index (χ0v) is 11.4. The molecule has 2 aliphatic heterocycles. The van der Waals surface area contributed by atoms with E-state index in [9.17, 15) is 13.6 Å². The van der Waals surface area contributed by atoms with Gasteiger partial charge in [-0.2, -0.15) is 0 Å². The van der Waals surface area contributed by atoms with Gasteiger partial charge in [0.25, 0.3) is 0 Å². The summed E-state index contributed by atoms with van der Waals surface area (Å²) in [5.74, 6) is -0.721. The average molecular weight is 279 g/mol. The monoisotopic (exact) mass is 279 g/mol. The number of piperidine rings is 1. The Kier molecular flexibility index (Phi) is 3.83. The predicted molar refractivity (Wildman–Crippen MR) is 72.4 cm³/mol. The topological polar surface area (TPSA) is 29.1 Å². The molecule has 3 rings (SSSR count). The Morgan fingerprint density at radius 3 is 2.30 bits per heavy atom. The summed E-state index contributed by atoms with van der Waals surface area (Å²) >= 11 is 0. The first-order chi connectivity index (χ1) is 9.58. The Hall–Kier alpha value is -1.29. The molecule has 0 amide bonds. The first kappa shape index (κ1) is 13.7. The van der Waals surface area contributed by atoms with Crippen LogP contribution >= 0.6 is 0 Å². The predicted octanol–water partition coefficient (Wildman–Crippen LogP) is 3.00. The minimum Gasteiger partial charge on any atom is -0.311 e. The third kappa shape index (κ3) is 3.23. The van der Waals surface area contributed by atoms with Crippen molar-refractivity contribution in [1.82, 2.24) is 5.32 Å². The molecule has 1 aromatic carbocycles. The van der Waals surface area contributed by atoms with Gasteiger partial charge in [-0.05, 0) is 49.3 Å². The molecule has 108 valence electrons. The number of Topliss-reactive ketones (excluding diaryl/α,β-unsaturated/α-hetero) is 1. The highest BCUT2D eigenvalue weighted by Crippen LogP contribution is 2.33. The molecule has 1 N–H and O–H groups in total. The van der Waals surface area contributed by atoms with Crippen molar-refractivity contribution in [2.24, 2.45) is 5.92 Å². The molecule has 2 nitrogen and oxygen atoms in total. The number of nitrogens with one attached hydrogen (secondary N) is 1. The van der Waals surface area contributed by atoms with Crippen LogP contribution in [0.4, 0.5) is 8.78 Å². The SMILES string of the molecule is O=C(Cc1cc(F)cc(F)c1)CC1CC2CCC(C1)N2. The Morgan fingerprint density at radius 2 is 1.70 bits per heavy atom. The number of halogens is 2. The summed E-state index contributed by atoms with van der Waals surface area (Å²) in [6.07, 6.45) is 5.20. The fraction of sp³-hybridized carbons (Fsp3) is 0.562. The van der Waals surface area contributed by atoms with Crippen molar-refractivity contribution in [3.8, 4) is 0 Å². The summed E-state index contributed by atoms with van der Waals surface area (Å²) in [5.41, 5.74) is 0.435. The molecule has 0 radical (unpaired) electrons. The van der Waals surface area contributed by atoms with Gasteiger partial charge in [0.15, 0.2) is 0 Å². The molecule has 0 aromatic heterocycles. The molecular formula is C16H19F2NO. The molecule has 2 atom stereocenters. The maximum Gasteiger partial charge on any atom is 0.137 e. The van der Waals surface area contributed by atoms with Crippen molar-refractivity contribution in [3.05, 3.63) is 35.4 Å². The van der Waals surface area contributed by atoms with Crippen LogP contribution in [0.25, 0.3) is 0 Å². The van der Waals surface area contributed by atoms with E-state index in [1.165, 1.54) is 25.0 Å². The van der Waals surface area contributed by atoms with Crippen LogP contribution in [-0.4, -0.2) is 17.9 Å². The summed E-state index contributed by atoms with van der Waals surface area (Å²) in [7, 11) is 0. The van der Waals surface area contributed by atoms with Crippen LogP contribution < -0.4 is 5.32 Å². The van der Waals surface area contributed by atoms with E-state index in [0.717, 1.165) is 18.9 Å². The van der Waals surface area contributed by atoms with Crippen LogP contribution in [0.3, 0.4) is 0 Å². The maximum absolute atomic E-state index is 13.1. The molecule has 2 unspecified atom stereocenters. The Balaban J connectivity index is 1.57. The summed E-state index contributed by atoms with van der Waals surface area (Å²) in [4.78, 5) is 12.1. The Bertz CT molecular complexity index is 485. The van der Waals surface area contributed by atoms with Gasteiger partial charge in [-0.25, -0.2) is 8.78 Å². The van der Waals surface area contributed by atoms with Gasteiger partial charge in [0.05, 0.1) is 0 Å². The largest absolute Gasteiger partial charge is 0.311 e. The van der Waals surface area contributed by atoms with Crippen LogP contribution in [-0.2, 0) is 11.2 Å². The number of ketones is 1. The second kappa shape index (κ2) is 5.60. The Morgan fingerprint density at radius 1 is 1.10 bits per heavy atom. The van der Waals surface area contributed by atoms with Crippen molar-refractivity contribution >= 4 is 5.78 Å². The van der Waals surface area contributed by atoms with Crippen molar-refractivity contribution in [1.29, 1.82) is 0 Å². The Labute approximate surface area is 117 Å². The third-order valence-electron chi connectivity index (χ3n) is 4.41. The molecule has 2 aliphatic rings. The van der Waals surface area contributed by atoms with Gasteiger partial charge in [-0.1, -0.05) is 0 Å². The number of carbonyl (C=O) groups is 1. The molecule has 20 heavy (non-hydrogen) atoms. The zero-order valence-electron chi connectivity index (χ0n) is 11.4. The number of fused-ring (bicyclic) bond motifs is 2. The van der Waals surface area contributed by atoms with Crippen molar-refractivity contribution in [3.63, 3.8) is 0 Å². The minimum atomic E-state index is -0.618. The highest BCUT2D eigenvalue weighted by Gasteiger charge is 2.34. The van der Waals surface area contributed by atoms with Gasteiger partial charge in [-0.3, -0.25) is 4.79 Å². The first-order valence-electron chi connectivity index (χ1n) is 7.31. The van der Waals surface area contributed by atoms with Crippen LogP contribution in [0.15, 0.2) is 18.2 Å². The summed E-state index contributed by atoms with van der Waals surface area (Å²) in [6.45, 7) is 0. The number of rotatable bonds is 4. The van der Waals surface area contributed by atoms with E-state index < -0.39 is 11.6 Å². The van der Waals surface area contributed by atoms with E-state index in [2.05, 4.69) is 5.32 Å². The van der Waals surface area contributed by atoms with E-state index in [1.54, 1.807) is 0 Å². The number of carbonyl (C=O) groups excluding carboxylic acids is 1. The summed E-state index contributed by atoms with van der Waals surface area (Å²) < 4.78 is 26.2. The van der Waals surface area contributed by atoms with Gasteiger partial charge in [0, 0.05) is 31.0 Å². The molecule has 2 saturated heterocycles. The van der Waals surface area contributed by atoms with Gasteiger partial charge in [0.1, 0.15) is 17.4 Å². The molecule has 4 heteroatoms. The van der Waals surface area contributed by atoms with Crippen LogP contribution in [0.2, 0.25) is 0 Å². The van der Waals surface area contributed by atoms with Gasteiger partial charge in [-0.15, -0.1) is 0 Å². The molecule has 0 saturated carbocycles. The molecule has 2 heterocycles. The lowest BCUT2D eigenvalue weighted by atomic mass is 9.87. The third-order valence-corrected chi connectivity index (χ3v) is 4.41. The second-order valence-electron chi connectivity index (χ2n) is 6.17. The van der Waals surface area contributed by atoms with Crippen LogP contribution in [0.1, 0.15) is 37.7 Å². The number of hydrogen-bond donors (Lipinski definition) is 1. The summed E-state index contributed by atoms with van der Waals surface area (Å²) in [5, 5.41) is 3.55. The van der Waals surface area contributed by atoms with E-state index in [4.69, 9.17) is 0 Å².